The van der Waals surface area contributed by atoms with E-state index in [0.717, 1.165) is 6.92 Å². The van der Waals surface area contributed by atoms with Crippen molar-refractivity contribution in [3.63, 3.8) is 0 Å². The number of carboxylic acids is 1. The summed E-state index contributed by atoms with van der Waals surface area (Å²) in [6, 6.07) is 0. The molecule has 4 N–H and O–H groups in total. The zero-order chi connectivity index (χ0) is 22.9. The second-order valence-corrected chi connectivity index (χ2v) is 14.2. The Hall–Kier alpha value is -0.140. The second kappa shape index (κ2) is 27.9. The van der Waals surface area contributed by atoms with Gasteiger partial charge in [0, 0.05) is 20.9 Å². The summed E-state index contributed by atoms with van der Waals surface area (Å²) < 4.78 is 0. The molecule has 4 heteroatoms. The van der Waals surface area contributed by atoms with E-state index < -0.39 is 13.2 Å². The summed E-state index contributed by atoms with van der Waals surface area (Å²) in [5.41, 5.74) is 0. The van der Waals surface area contributed by atoms with E-state index in [1.165, 1.54) is 116 Å². The Morgan fingerprint density at radius 3 is 0.968 bits per heavy atom. The van der Waals surface area contributed by atoms with E-state index in [9.17, 15) is 0 Å². The van der Waals surface area contributed by atoms with Crippen LogP contribution in [0.1, 0.15) is 143 Å². The van der Waals surface area contributed by atoms with Gasteiger partial charge in [-0.15, -0.1) is 0 Å². The summed E-state index contributed by atoms with van der Waals surface area (Å²) in [4.78, 5) is 9.00. The van der Waals surface area contributed by atoms with Crippen molar-refractivity contribution in [3.8, 4) is 0 Å². The molecular weight excluding hydrogens is 401 g/mol. The van der Waals surface area contributed by atoms with Gasteiger partial charge < -0.3 is 11.3 Å². The molecule has 0 aliphatic rings. The van der Waals surface area contributed by atoms with E-state index in [4.69, 9.17) is 9.90 Å². The molecule has 31 heavy (non-hydrogen) atoms. The molecule has 0 heterocycles. The Kier molecular flexibility index (Phi) is 31.9. The van der Waals surface area contributed by atoms with Crippen LogP contribution in [-0.2, 0) is 4.79 Å². The second-order valence-electron chi connectivity index (χ2n) is 9.61. The third kappa shape index (κ3) is 32.1. The minimum atomic E-state index is -0.833. The molecule has 0 unspecified atom stereocenters. The number of hydrogen-bond donors (Lipinski definition) is 2. The molecule has 0 fully saturated rings. The molecule has 3 nitrogen and oxygen atoms in total. The number of hydrogen-bond acceptors (Lipinski definition) is 2. The molecule has 0 rings (SSSR count). The van der Waals surface area contributed by atoms with Gasteiger partial charge in [0.25, 0.3) is 5.97 Å². The standard InChI is InChI=1S/C25H54P.C2H4O2.H3N/c1-5-8-11-14-17-20-23-26(4,24-21-18-15-12-9-6-2)25-22-19-16-13-10-7-3;1-2(3)4;/h5-25H2,1-4H3;1H3,(H,3,4);1H3/q+1;;. The Bertz CT molecular complexity index is 305. The molecule has 0 saturated carbocycles. The van der Waals surface area contributed by atoms with E-state index in [1.807, 2.05) is 0 Å². The SMILES string of the molecule is CC(=O)O.CCCCCCCC[P+](C)(CCCCCCCC)CCCCCCCC.N. The first-order valence-corrected chi connectivity index (χ1v) is 16.2. The van der Waals surface area contributed by atoms with Gasteiger partial charge in [0.2, 0.25) is 0 Å². The lowest BCUT2D eigenvalue weighted by atomic mass is 10.1. The van der Waals surface area contributed by atoms with Crippen LogP contribution >= 0.6 is 7.26 Å². The molecule has 0 aliphatic heterocycles. The zero-order valence-electron chi connectivity index (χ0n) is 22.4. The molecule has 0 radical (unpaired) electrons. The van der Waals surface area contributed by atoms with Gasteiger partial charge in [0.05, 0.1) is 18.5 Å². The lowest BCUT2D eigenvalue weighted by molar-refractivity contribution is -0.134. The number of carbonyl (C=O) groups is 1. The highest BCUT2D eigenvalue weighted by atomic mass is 31.2. The molecule has 0 saturated heterocycles. The highest BCUT2D eigenvalue weighted by molar-refractivity contribution is 7.75. The van der Waals surface area contributed by atoms with Crippen molar-refractivity contribution in [2.45, 2.75) is 143 Å². The summed E-state index contributed by atoms with van der Waals surface area (Å²) in [5, 5.41) is 7.42. The fraction of sp³-hybridized carbons (Fsp3) is 0.963. The van der Waals surface area contributed by atoms with Gasteiger partial charge in [-0.3, -0.25) is 4.79 Å². The van der Waals surface area contributed by atoms with Crippen molar-refractivity contribution < 1.29 is 9.90 Å². The lowest BCUT2D eigenvalue weighted by Gasteiger charge is -2.24. The van der Waals surface area contributed by atoms with E-state index in [-0.39, 0.29) is 6.15 Å². The third-order valence-corrected chi connectivity index (χ3v) is 10.3. The van der Waals surface area contributed by atoms with Crippen molar-refractivity contribution >= 4 is 13.2 Å². The van der Waals surface area contributed by atoms with Crippen LogP contribution in [0, 0.1) is 0 Å². The summed E-state index contributed by atoms with van der Waals surface area (Å²) >= 11 is 0. The highest BCUT2D eigenvalue weighted by Crippen LogP contribution is 2.57. The van der Waals surface area contributed by atoms with Gasteiger partial charge in [-0.25, -0.2) is 0 Å². The maximum atomic E-state index is 9.00. The van der Waals surface area contributed by atoms with Crippen molar-refractivity contribution in [2.24, 2.45) is 0 Å². The fourth-order valence-electron chi connectivity index (χ4n) is 4.16. The first-order chi connectivity index (χ1) is 14.4. The van der Waals surface area contributed by atoms with Crippen LogP contribution in [0.25, 0.3) is 0 Å². The van der Waals surface area contributed by atoms with Crippen LogP contribution in [0.4, 0.5) is 0 Å². The molecule has 0 aromatic rings. The lowest BCUT2D eigenvalue weighted by Crippen LogP contribution is -2.08. The van der Waals surface area contributed by atoms with Gasteiger partial charge in [-0.1, -0.05) is 97.8 Å². The first kappa shape index (κ1) is 35.4. The number of unbranched alkanes of at least 4 members (excludes halogenated alkanes) is 15. The minimum absolute atomic E-state index is 0. The number of rotatable bonds is 21. The molecule has 0 aliphatic carbocycles. The van der Waals surface area contributed by atoms with Crippen LogP contribution in [0.2, 0.25) is 0 Å². The topological polar surface area (TPSA) is 72.3 Å². The first-order valence-electron chi connectivity index (χ1n) is 13.4. The molecule has 0 bridgehead atoms. The predicted molar refractivity (Wildman–Crippen MR) is 146 cm³/mol. The Labute approximate surface area is 197 Å². The van der Waals surface area contributed by atoms with Crippen LogP contribution in [0.3, 0.4) is 0 Å². The monoisotopic (exact) mass is 462 g/mol. The number of carboxylic acid groups (broad SMARTS) is 1. The van der Waals surface area contributed by atoms with E-state index in [0.29, 0.717) is 0 Å². The van der Waals surface area contributed by atoms with Gasteiger partial charge in [0.15, 0.2) is 0 Å². The molecule has 0 aromatic carbocycles. The molecule has 0 spiro atoms. The van der Waals surface area contributed by atoms with Crippen molar-refractivity contribution in [3.05, 3.63) is 0 Å². The van der Waals surface area contributed by atoms with Crippen LogP contribution in [-0.4, -0.2) is 36.2 Å². The van der Waals surface area contributed by atoms with Gasteiger partial charge in [-0.05, 0) is 38.5 Å². The Morgan fingerprint density at radius 1 is 0.548 bits per heavy atom. The quantitative estimate of drug-likeness (QED) is 0.132. The smallest absolute Gasteiger partial charge is 0.300 e. The summed E-state index contributed by atoms with van der Waals surface area (Å²) in [7, 11) is -0.636. The van der Waals surface area contributed by atoms with Crippen LogP contribution in [0.15, 0.2) is 0 Å². The van der Waals surface area contributed by atoms with Crippen molar-refractivity contribution in [1.29, 1.82) is 0 Å². The van der Waals surface area contributed by atoms with Crippen LogP contribution < -0.4 is 6.15 Å². The van der Waals surface area contributed by atoms with Crippen molar-refractivity contribution in [1.82, 2.24) is 6.15 Å². The van der Waals surface area contributed by atoms with Crippen molar-refractivity contribution in [2.75, 3.05) is 25.2 Å². The predicted octanol–water partition coefficient (Wildman–Crippen LogP) is 9.97. The summed E-state index contributed by atoms with van der Waals surface area (Å²) in [6.45, 7) is 10.8. The highest BCUT2D eigenvalue weighted by Gasteiger charge is 2.29. The molecule has 0 aromatic heterocycles. The molecule has 0 atom stereocenters. The van der Waals surface area contributed by atoms with Crippen LogP contribution in [0.5, 0.6) is 0 Å². The zero-order valence-corrected chi connectivity index (χ0v) is 23.3. The van der Waals surface area contributed by atoms with Gasteiger partial charge >= 0.3 is 0 Å². The fourth-order valence-corrected chi connectivity index (χ4v) is 7.79. The van der Waals surface area contributed by atoms with Gasteiger partial charge in [-0.2, -0.15) is 0 Å². The summed E-state index contributed by atoms with van der Waals surface area (Å²) in [5.74, 6) is -0.833. The maximum Gasteiger partial charge on any atom is 0.300 e. The average Bonchev–Trinajstić information content (AvgIpc) is 2.70. The van der Waals surface area contributed by atoms with E-state index in [2.05, 4.69) is 27.4 Å². The average molecular weight is 463 g/mol. The molecule has 0 amide bonds. The molecular formula is C27H61NO2P+. The van der Waals surface area contributed by atoms with E-state index >= 15 is 0 Å². The third-order valence-electron chi connectivity index (χ3n) is 6.15. The maximum absolute atomic E-state index is 9.00. The summed E-state index contributed by atoms with van der Waals surface area (Å²) in [6.07, 6.45) is 31.2. The Morgan fingerprint density at radius 2 is 0.742 bits per heavy atom. The largest absolute Gasteiger partial charge is 0.481 e. The van der Waals surface area contributed by atoms with E-state index in [1.54, 1.807) is 18.5 Å². The Balaban J connectivity index is -0.00000143. The minimum Gasteiger partial charge on any atom is -0.481 e. The number of aliphatic carboxylic acids is 1. The van der Waals surface area contributed by atoms with Gasteiger partial charge in [0.1, 0.15) is 0 Å². The molecule has 190 valence electrons. The normalized spacial score (nSPS) is 10.9.